The Labute approximate surface area is 172 Å². The van der Waals surface area contributed by atoms with Crippen LogP contribution >= 0.6 is 23.4 Å². The summed E-state index contributed by atoms with van der Waals surface area (Å²) >= 11 is 7.02. The first kappa shape index (κ1) is 20.2. The molecule has 0 spiro atoms. The summed E-state index contributed by atoms with van der Waals surface area (Å²) in [5.74, 6) is -0.990. The molecule has 0 saturated heterocycles. The summed E-state index contributed by atoms with van der Waals surface area (Å²) in [4.78, 5) is 37.7. The van der Waals surface area contributed by atoms with Crippen LogP contribution in [0, 0.1) is 6.92 Å². The standard InChI is InChI=1S/C20H20ClN3O3S/c1-12-4-7-17-13(9-12)3-2-8-24(17)20(27)28-11-18(25)23-16-6-5-14(19(22)26)10-15(16)21/h4-7,9-10H,2-3,8,11H2,1H3,(H2,22,26)(H,23,25). The van der Waals surface area contributed by atoms with E-state index < -0.39 is 5.91 Å². The largest absolute Gasteiger partial charge is 0.366 e. The van der Waals surface area contributed by atoms with Crippen molar-refractivity contribution in [3.05, 3.63) is 58.1 Å². The first-order chi connectivity index (χ1) is 13.3. The molecule has 0 atom stereocenters. The molecule has 0 fully saturated rings. The van der Waals surface area contributed by atoms with Gasteiger partial charge in [-0.15, -0.1) is 0 Å². The molecule has 0 unspecified atom stereocenters. The van der Waals surface area contributed by atoms with Gasteiger partial charge in [-0.25, -0.2) is 0 Å². The Bertz CT molecular complexity index is 948. The molecule has 0 aliphatic carbocycles. The van der Waals surface area contributed by atoms with E-state index in [4.69, 9.17) is 17.3 Å². The van der Waals surface area contributed by atoms with Crippen LogP contribution in [0.15, 0.2) is 36.4 Å². The Kier molecular flexibility index (Phi) is 6.26. The minimum absolute atomic E-state index is 0.0373. The lowest BCUT2D eigenvalue weighted by Gasteiger charge is -2.29. The maximum absolute atomic E-state index is 12.6. The van der Waals surface area contributed by atoms with Gasteiger partial charge >= 0.3 is 0 Å². The number of fused-ring (bicyclic) bond motifs is 1. The van der Waals surface area contributed by atoms with Crippen molar-refractivity contribution < 1.29 is 14.4 Å². The maximum atomic E-state index is 12.6. The van der Waals surface area contributed by atoms with Gasteiger partial charge in [-0.1, -0.05) is 41.1 Å². The summed E-state index contributed by atoms with van der Waals surface area (Å²) in [7, 11) is 0. The highest BCUT2D eigenvalue weighted by Gasteiger charge is 2.23. The van der Waals surface area contributed by atoms with Crippen molar-refractivity contribution >= 4 is 51.8 Å². The van der Waals surface area contributed by atoms with Crippen molar-refractivity contribution in [2.24, 2.45) is 5.73 Å². The predicted octanol–water partition coefficient (Wildman–Crippen LogP) is 3.99. The lowest BCUT2D eigenvalue weighted by molar-refractivity contribution is -0.113. The van der Waals surface area contributed by atoms with Crippen molar-refractivity contribution in [1.29, 1.82) is 0 Å². The van der Waals surface area contributed by atoms with Crippen molar-refractivity contribution in [1.82, 2.24) is 0 Å². The Morgan fingerprint density at radius 2 is 2.00 bits per heavy atom. The average molecular weight is 418 g/mol. The first-order valence-corrected chi connectivity index (χ1v) is 10.1. The SMILES string of the molecule is Cc1ccc2c(c1)CCCN2C(=O)SCC(=O)Nc1ccc(C(N)=O)cc1Cl. The van der Waals surface area contributed by atoms with E-state index in [9.17, 15) is 14.4 Å². The Morgan fingerprint density at radius 3 is 2.71 bits per heavy atom. The van der Waals surface area contributed by atoms with Crippen LogP contribution in [0.25, 0.3) is 0 Å². The zero-order chi connectivity index (χ0) is 20.3. The van der Waals surface area contributed by atoms with Crippen molar-refractivity contribution in [2.45, 2.75) is 19.8 Å². The zero-order valence-electron chi connectivity index (χ0n) is 15.3. The number of anilines is 2. The van der Waals surface area contributed by atoms with Gasteiger partial charge in [0.05, 0.1) is 16.5 Å². The van der Waals surface area contributed by atoms with Gasteiger partial charge in [-0.05, 0) is 49.6 Å². The molecule has 1 heterocycles. The van der Waals surface area contributed by atoms with Crippen molar-refractivity contribution in [2.75, 3.05) is 22.5 Å². The van der Waals surface area contributed by atoms with Crippen molar-refractivity contribution in [3.8, 4) is 0 Å². The summed E-state index contributed by atoms with van der Waals surface area (Å²) in [6, 6.07) is 10.4. The molecule has 3 N–H and O–H groups in total. The fourth-order valence-corrected chi connectivity index (χ4v) is 3.98. The molecule has 8 heteroatoms. The van der Waals surface area contributed by atoms with E-state index in [-0.39, 0.29) is 27.5 Å². The van der Waals surface area contributed by atoms with Gasteiger partial charge in [0.2, 0.25) is 11.8 Å². The number of carbonyl (C=O) groups is 3. The van der Waals surface area contributed by atoms with Crippen LogP contribution in [0.3, 0.4) is 0 Å². The summed E-state index contributed by atoms with van der Waals surface area (Å²) < 4.78 is 0. The number of carbonyl (C=O) groups excluding carboxylic acids is 3. The van der Waals surface area contributed by atoms with Crippen LogP contribution in [-0.2, 0) is 11.2 Å². The Morgan fingerprint density at radius 1 is 1.21 bits per heavy atom. The maximum Gasteiger partial charge on any atom is 0.286 e. The molecule has 28 heavy (non-hydrogen) atoms. The monoisotopic (exact) mass is 417 g/mol. The van der Waals surface area contributed by atoms with E-state index >= 15 is 0 Å². The van der Waals surface area contributed by atoms with Gasteiger partial charge in [0.1, 0.15) is 0 Å². The highest BCUT2D eigenvalue weighted by molar-refractivity contribution is 8.14. The molecular formula is C20H20ClN3O3S. The van der Waals surface area contributed by atoms with Gasteiger partial charge in [0, 0.05) is 17.8 Å². The fourth-order valence-electron chi connectivity index (χ4n) is 3.08. The highest BCUT2D eigenvalue weighted by atomic mass is 35.5. The fraction of sp³-hybridized carbons (Fsp3) is 0.250. The highest BCUT2D eigenvalue weighted by Crippen LogP contribution is 2.30. The number of halogens is 1. The molecule has 0 radical (unpaired) electrons. The molecule has 0 bridgehead atoms. The Hall–Kier alpha value is -2.51. The molecule has 0 aromatic heterocycles. The minimum Gasteiger partial charge on any atom is -0.366 e. The number of nitrogens with two attached hydrogens (primary N) is 1. The van der Waals surface area contributed by atoms with Crippen LogP contribution in [0.1, 0.15) is 27.9 Å². The van der Waals surface area contributed by atoms with Gasteiger partial charge in [-0.2, -0.15) is 0 Å². The van der Waals surface area contributed by atoms with Gasteiger partial charge < -0.3 is 16.0 Å². The number of amides is 3. The molecule has 6 nitrogen and oxygen atoms in total. The summed E-state index contributed by atoms with van der Waals surface area (Å²) in [6.45, 7) is 2.67. The molecule has 2 aromatic carbocycles. The molecule has 1 aliphatic heterocycles. The summed E-state index contributed by atoms with van der Waals surface area (Å²) in [6.07, 6.45) is 1.85. The number of hydrogen-bond acceptors (Lipinski definition) is 4. The van der Waals surface area contributed by atoms with Crippen LogP contribution in [0.4, 0.5) is 16.2 Å². The number of nitrogens with zero attached hydrogens (tertiary/aromatic N) is 1. The molecule has 1 aliphatic rings. The third-order valence-electron chi connectivity index (χ3n) is 4.43. The molecule has 2 aromatic rings. The number of nitrogens with one attached hydrogen (secondary N) is 1. The molecule has 146 valence electrons. The number of benzene rings is 2. The predicted molar refractivity (Wildman–Crippen MR) is 113 cm³/mol. The normalized spacial score (nSPS) is 13.0. The van der Waals surface area contributed by atoms with Gasteiger partial charge in [-0.3, -0.25) is 14.4 Å². The minimum atomic E-state index is -0.599. The second kappa shape index (κ2) is 8.67. The van der Waals surface area contributed by atoms with E-state index in [1.807, 2.05) is 19.1 Å². The van der Waals surface area contributed by atoms with E-state index in [2.05, 4.69) is 11.4 Å². The van der Waals surface area contributed by atoms with E-state index in [0.29, 0.717) is 12.2 Å². The topological polar surface area (TPSA) is 92.5 Å². The van der Waals surface area contributed by atoms with Gasteiger partial charge in [0.25, 0.3) is 5.24 Å². The van der Waals surface area contributed by atoms with Crippen LogP contribution in [0.2, 0.25) is 5.02 Å². The number of primary amides is 1. The average Bonchev–Trinajstić information content (AvgIpc) is 2.66. The Balaban J connectivity index is 1.60. The molecular weight excluding hydrogens is 398 g/mol. The van der Waals surface area contributed by atoms with Crippen LogP contribution < -0.4 is 16.0 Å². The van der Waals surface area contributed by atoms with Gasteiger partial charge in [0.15, 0.2) is 0 Å². The first-order valence-electron chi connectivity index (χ1n) is 8.78. The van der Waals surface area contributed by atoms with E-state index in [1.54, 1.807) is 4.90 Å². The number of rotatable bonds is 4. The quantitative estimate of drug-likeness (QED) is 0.786. The van der Waals surface area contributed by atoms with E-state index in [1.165, 1.54) is 23.8 Å². The molecule has 0 saturated carbocycles. The lowest BCUT2D eigenvalue weighted by Crippen LogP contribution is -2.33. The summed E-state index contributed by atoms with van der Waals surface area (Å²) in [5, 5.41) is 2.70. The van der Waals surface area contributed by atoms with Crippen LogP contribution in [-0.4, -0.2) is 29.4 Å². The second-order valence-corrected chi connectivity index (χ2v) is 7.88. The number of aryl methyl sites for hydroxylation is 2. The zero-order valence-corrected chi connectivity index (χ0v) is 16.9. The molecule has 3 amide bonds. The number of thioether (sulfide) groups is 1. The summed E-state index contributed by atoms with van der Waals surface area (Å²) in [5.41, 5.74) is 9.06. The second-order valence-electron chi connectivity index (χ2n) is 6.55. The third kappa shape index (κ3) is 4.66. The lowest BCUT2D eigenvalue weighted by atomic mass is 10.0. The van der Waals surface area contributed by atoms with E-state index in [0.717, 1.165) is 35.9 Å². The molecule has 3 rings (SSSR count). The third-order valence-corrected chi connectivity index (χ3v) is 5.62. The number of hydrogen-bond donors (Lipinski definition) is 2. The van der Waals surface area contributed by atoms with Crippen LogP contribution in [0.5, 0.6) is 0 Å². The smallest absolute Gasteiger partial charge is 0.286 e. The van der Waals surface area contributed by atoms with Crippen molar-refractivity contribution in [3.63, 3.8) is 0 Å².